The number of benzene rings is 4. The summed E-state index contributed by atoms with van der Waals surface area (Å²) in [5, 5.41) is 0.870. The molecule has 1 aromatic heterocycles. The first-order valence-corrected chi connectivity index (χ1v) is 22.3. The van der Waals surface area contributed by atoms with Gasteiger partial charge in [0.2, 0.25) is 5.91 Å². The van der Waals surface area contributed by atoms with Gasteiger partial charge in [-0.25, -0.2) is 12.4 Å². The fourth-order valence-corrected chi connectivity index (χ4v) is 10.1. The number of hydrogen-bond donors (Lipinski definition) is 1. The minimum Gasteiger partial charge on any atom is -0.312 e. The first-order chi connectivity index (χ1) is 26.3. The third-order valence-corrected chi connectivity index (χ3v) is 13.1. The first kappa shape index (κ1) is 42.8. The van der Waals surface area contributed by atoms with Crippen molar-refractivity contribution in [1.82, 2.24) is 8.87 Å². The minimum absolute atomic E-state index is 0.0358. The Morgan fingerprint density at radius 1 is 0.821 bits per heavy atom. The van der Waals surface area contributed by atoms with E-state index in [0.717, 1.165) is 51.9 Å². The Bertz CT molecular complexity index is 2370. The molecule has 1 amide bonds. The summed E-state index contributed by atoms with van der Waals surface area (Å²) in [4.78, 5) is 18.3. The summed E-state index contributed by atoms with van der Waals surface area (Å²) < 4.78 is 60.5. The first-order valence-electron chi connectivity index (χ1n) is 19.4. The van der Waals surface area contributed by atoms with Gasteiger partial charge in [-0.3, -0.25) is 9.35 Å². The largest absolute Gasteiger partial charge is 0.312 e. The van der Waals surface area contributed by atoms with E-state index in [2.05, 4.69) is 78.7 Å². The predicted molar refractivity (Wildman–Crippen MR) is 227 cm³/mol. The number of rotatable bonds is 11. The number of carbonyl (C=O) groups excluding carboxylic acids is 1. The van der Waals surface area contributed by atoms with Gasteiger partial charge >= 0.3 is 0 Å². The van der Waals surface area contributed by atoms with Gasteiger partial charge in [-0.15, -0.1) is 0 Å². The van der Waals surface area contributed by atoms with Crippen molar-refractivity contribution >= 4 is 42.6 Å². The number of nitrogens with zero attached hydrogens (tertiary/aromatic N) is 3. The van der Waals surface area contributed by atoms with Crippen LogP contribution in [0.1, 0.15) is 99.1 Å². The molecule has 1 aliphatic rings. The standard InChI is InChI=1S/C38H49N3O3S.C7H8O3S/c1-25(2)31-20-33(26(3)4)38(34(21-31)27(5)6)45(43,44)41-24-30(32-14-10-12-16-36(32)41)17-18-37(42)40-23-28(22-39(7)8)19-29-13-9-11-15-35(29)40;1-6-2-4-7(5-3-6)11(8,9)10/h9-16,20-21,24-28H,17-19,22-23H2,1-8H3;2-5H,1H3,(H,8,9,10). The van der Waals surface area contributed by atoms with Gasteiger partial charge in [-0.1, -0.05) is 108 Å². The van der Waals surface area contributed by atoms with Crippen LogP contribution in [-0.4, -0.2) is 63.4 Å². The van der Waals surface area contributed by atoms with E-state index in [4.69, 9.17) is 4.55 Å². The molecule has 0 spiro atoms. The highest BCUT2D eigenvalue weighted by Gasteiger charge is 2.31. The van der Waals surface area contributed by atoms with E-state index in [1.807, 2.05) is 54.3 Å². The molecule has 0 bridgehead atoms. The summed E-state index contributed by atoms with van der Waals surface area (Å²) in [6.45, 7) is 16.0. The fourth-order valence-electron chi connectivity index (χ4n) is 7.54. The van der Waals surface area contributed by atoms with Gasteiger partial charge in [0.1, 0.15) is 0 Å². The van der Waals surface area contributed by atoms with Crippen molar-refractivity contribution in [1.29, 1.82) is 0 Å². The molecule has 0 fully saturated rings. The Hall–Kier alpha value is -4.29. The van der Waals surface area contributed by atoms with Crippen molar-refractivity contribution < 1.29 is 26.2 Å². The zero-order chi connectivity index (χ0) is 41.1. The Morgan fingerprint density at radius 3 is 1.98 bits per heavy atom. The summed E-state index contributed by atoms with van der Waals surface area (Å²) in [6, 6.07) is 26.0. The number of fused-ring (bicyclic) bond motifs is 2. The van der Waals surface area contributed by atoms with Crippen molar-refractivity contribution in [3.63, 3.8) is 0 Å². The monoisotopic (exact) mass is 799 g/mol. The van der Waals surface area contributed by atoms with Gasteiger partial charge < -0.3 is 9.80 Å². The molecule has 1 N–H and O–H groups in total. The smallest absolute Gasteiger partial charge is 0.294 e. The average Bonchev–Trinajstić information content (AvgIpc) is 3.52. The van der Waals surface area contributed by atoms with E-state index < -0.39 is 20.1 Å². The second-order valence-electron chi connectivity index (χ2n) is 16.2. The number of carbonyl (C=O) groups is 1. The fraction of sp³-hybridized carbons (Fsp3) is 0.400. The lowest BCUT2D eigenvalue weighted by Gasteiger charge is -2.36. The lowest BCUT2D eigenvalue weighted by Crippen LogP contribution is -2.43. The van der Waals surface area contributed by atoms with Crippen LogP contribution in [0, 0.1) is 12.8 Å². The average molecular weight is 800 g/mol. The number of amides is 1. The van der Waals surface area contributed by atoms with E-state index in [-0.39, 0.29) is 22.6 Å². The summed E-state index contributed by atoms with van der Waals surface area (Å²) in [5.41, 5.74) is 7.54. The molecule has 9 nitrogen and oxygen atoms in total. The molecule has 0 radical (unpaired) electrons. The van der Waals surface area contributed by atoms with Gasteiger partial charge in [0, 0.05) is 36.8 Å². The van der Waals surface area contributed by atoms with Crippen molar-refractivity contribution in [3.8, 4) is 0 Å². The van der Waals surface area contributed by atoms with Gasteiger partial charge in [0.15, 0.2) is 0 Å². The van der Waals surface area contributed by atoms with Gasteiger partial charge in [0.25, 0.3) is 20.1 Å². The molecular formula is C45H57N3O6S2. The van der Waals surface area contributed by atoms with Crippen LogP contribution in [0.15, 0.2) is 101 Å². The molecule has 4 aromatic carbocycles. The molecule has 5 aromatic rings. The molecule has 6 rings (SSSR count). The Labute approximate surface area is 334 Å². The molecule has 0 saturated carbocycles. The van der Waals surface area contributed by atoms with Gasteiger partial charge in [0.05, 0.1) is 15.3 Å². The van der Waals surface area contributed by atoms with Crippen molar-refractivity contribution in [2.24, 2.45) is 5.92 Å². The lowest BCUT2D eigenvalue weighted by molar-refractivity contribution is -0.118. The summed E-state index contributed by atoms with van der Waals surface area (Å²) in [7, 11) is -3.81. The number of aryl methyl sites for hydroxylation is 2. The van der Waals surface area contributed by atoms with E-state index in [1.54, 1.807) is 18.3 Å². The molecule has 1 atom stereocenters. The maximum absolute atomic E-state index is 14.7. The van der Waals surface area contributed by atoms with Crippen LogP contribution in [0.4, 0.5) is 5.69 Å². The number of anilines is 1. The highest BCUT2D eigenvalue weighted by molar-refractivity contribution is 7.90. The maximum atomic E-state index is 14.7. The van der Waals surface area contributed by atoms with Crippen LogP contribution in [-0.2, 0) is 37.8 Å². The van der Waals surface area contributed by atoms with Crippen LogP contribution in [0.5, 0.6) is 0 Å². The van der Waals surface area contributed by atoms with Crippen LogP contribution in [0.2, 0.25) is 0 Å². The minimum atomic E-state index is -4.02. The SMILES string of the molecule is CC(C)c1cc(C(C)C)c(S(=O)(=O)n2cc(CCC(=O)N3CC(CN(C)C)Cc4ccccc43)c3ccccc32)c(C(C)C)c1.Cc1ccc(S(=O)(=O)O)cc1. The Balaban J connectivity index is 0.000000470. The quantitative estimate of drug-likeness (QED) is 0.133. The zero-order valence-electron chi connectivity index (χ0n) is 34.2. The van der Waals surface area contributed by atoms with Crippen LogP contribution in [0.25, 0.3) is 10.9 Å². The van der Waals surface area contributed by atoms with Crippen LogP contribution >= 0.6 is 0 Å². The van der Waals surface area contributed by atoms with Crippen molar-refractivity contribution in [2.45, 2.75) is 95.3 Å². The molecule has 56 heavy (non-hydrogen) atoms. The van der Waals surface area contributed by atoms with E-state index in [9.17, 15) is 21.6 Å². The molecule has 1 aliphatic heterocycles. The summed E-state index contributed by atoms with van der Waals surface area (Å²) in [6.07, 6.45) is 3.48. The van der Waals surface area contributed by atoms with E-state index in [0.29, 0.717) is 41.6 Å². The van der Waals surface area contributed by atoms with E-state index in [1.165, 1.54) is 21.7 Å². The van der Waals surface area contributed by atoms with Crippen molar-refractivity contribution in [3.05, 3.63) is 125 Å². The number of para-hydroxylation sites is 2. The van der Waals surface area contributed by atoms with E-state index >= 15 is 0 Å². The Kier molecular flexibility index (Phi) is 13.4. The molecular weight excluding hydrogens is 743 g/mol. The topological polar surface area (TPSA) is 117 Å². The lowest BCUT2D eigenvalue weighted by atomic mass is 9.89. The van der Waals surface area contributed by atoms with Gasteiger partial charge in [-0.05, 0) is 110 Å². The van der Waals surface area contributed by atoms with Crippen molar-refractivity contribution in [2.75, 3.05) is 32.1 Å². The Morgan fingerprint density at radius 2 is 1.41 bits per heavy atom. The molecule has 1 unspecified atom stereocenters. The predicted octanol–water partition coefficient (Wildman–Crippen LogP) is 9.19. The molecule has 300 valence electrons. The number of aromatic nitrogens is 1. The number of hydrogen-bond acceptors (Lipinski definition) is 6. The second kappa shape index (κ2) is 17.5. The third-order valence-electron chi connectivity index (χ3n) is 10.4. The van der Waals surface area contributed by atoms with Crippen LogP contribution < -0.4 is 4.90 Å². The highest BCUT2D eigenvalue weighted by atomic mass is 32.2. The molecule has 11 heteroatoms. The normalized spacial score (nSPS) is 14.8. The maximum Gasteiger partial charge on any atom is 0.294 e. The van der Waals surface area contributed by atoms with Crippen LogP contribution in [0.3, 0.4) is 0 Å². The highest BCUT2D eigenvalue weighted by Crippen LogP contribution is 2.38. The summed E-state index contributed by atoms with van der Waals surface area (Å²) >= 11 is 0. The van der Waals surface area contributed by atoms with Gasteiger partial charge in [-0.2, -0.15) is 8.42 Å². The molecule has 0 saturated heterocycles. The third kappa shape index (κ3) is 9.62. The second-order valence-corrected chi connectivity index (χ2v) is 19.4. The molecule has 0 aliphatic carbocycles. The summed E-state index contributed by atoms with van der Waals surface area (Å²) in [5.74, 6) is 0.790. The zero-order valence-corrected chi connectivity index (χ0v) is 35.8. The molecule has 2 heterocycles.